The number of nitrogens with zero attached hydrogens (tertiary/aromatic N) is 2. The van der Waals surface area contributed by atoms with Crippen LogP contribution in [-0.2, 0) is 7.05 Å². The average molecular weight is 141 g/mol. The molecule has 1 aromatic rings. The van der Waals surface area contributed by atoms with Crippen molar-refractivity contribution in [2.45, 2.75) is 0 Å². The van der Waals surface area contributed by atoms with Crippen molar-refractivity contribution in [1.29, 1.82) is 5.26 Å². The van der Waals surface area contributed by atoms with Gasteiger partial charge < -0.3 is 4.57 Å². The van der Waals surface area contributed by atoms with Crippen molar-refractivity contribution in [2.75, 3.05) is 0 Å². The molecule has 0 bridgehead atoms. The molecule has 0 atom stereocenters. The normalized spacial score (nSPS) is 9.00. The largest absolute Gasteiger partial charge is 0.327 e. The van der Waals surface area contributed by atoms with Crippen LogP contribution in [0.2, 0.25) is 5.15 Å². The smallest absolute Gasteiger partial charge is 0.121 e. The molecular formula is C6H5ClN2. The van der Waals surface area contributed by atoms with E-state index in [0.29, 0.717) is 10.8 Å². The lowest BCUT2D eigenvalue weighted by Gasteiger charge is -1.92. The van der Waals surface area contributed by atoms with E-state index in [2.05, 4.69) is 0 Å². The highest BCUT2D eigenvalue weighted by Gasteiger charge is 1.97. The van der Waals surface area contributed by atoms with Gasteiger partial charge in [0.15, 0.2) is 0 Å². The summed E-state index contributed by atoms with van der Waals surface area (Å²) >= 11 is 5.62. The van der Waals surface area contributed by atoms with Crippen molar-refractivity contribution in [3.05, 3.63) is 23.0 Å². The molecule has 0 saturated carbocycles. The Balaban J connectivity index is 3.24. The van der Waals surface area contributed by atoms with Crippen molar-refractivity contribution in [1.82, 2.24) is 4.57 Å². The maximum atomic E-state index is 8.40. The third-order valence-electron chi connectivity index (χ3n) is 1.18. The van der Waals surface area contributed by atoms with Crippen LogP contribution in [0.15, 0.2) is 12.1 Å². The van der Waals surface area contributed by atoms with E-state index in [1.807, 2.05) is 6.07 Å². The van der Waals surface area contributed by atoms with Crippen LogP contribution in [0.4, 0.5) is 0 Å². The second kappa shape index (κ2) is 2.12. The van der Waals surface area contributed by atoms with Gasteiger partial charge >= 0.3 is 0 Å². The maximum absolute atomic E-state index is 8.40. The zero-order valence-corrected chi connectivity index (χ0v) is 5.68. The van der Waals surface area contributed by atoms with Gasteiger partial charge in [0.1, 0.15) is 16.9 Å². The van der Waals surface area contributed by atoms with E-state index in [1.54, 1.807) is 23.7 Å². The summed E-state index contributed by atoms with van der Waals surface area (Å²) in [5, 5.41) is 8.99. The zero-order valence-electron chi connectivity index (χ0n) is 4.93. The fraction of sp³-hybridized carbons (Fsp3) is 0.167. The Bertz CT molecular complexity index is 257. The van der Waals surface area contributed by atoms with E-state index in [1.165, 1.54) is 0 Å². The van der Waals surface area contributed by atoms with Gasteiger partial charge in [-0.2, -0.15) is 5.26 Å². The summed E-state index contributed by atoms with van der Waals surface area (Å²) in [6.07, 6.45) is 0. The summed E-state index contributed by atoms with van der Waals surface area (Å²) in [6.45, 7) is 0. The molecular weight excluding hydrogens is 136 g/mol. The molecule has 0 aromatic carbocycles. The standard InChI is InChI=1S/C6H5ClN2/c1-9-5(4-8)2-3-6(9)7/h2-3H,1H3. The van der Waals surface area contributed by atoms with E-state index in [9.17, 15) is 0 Å². The highest BCUT2D eigenvalue weighted by Crippen LogP contribution is 2.10. The van der Waals surface area contributed by atoms with Gasteiger partial charge in [-0.15, -0.1) is 0 Å². The number of nitriles is 1. The summed E-state index contributed by atoms with van der Waals surface area (Å²) in [5.41, 5.74) is 0.583. The van der Waals surface area contributed by atoms with Crippen molar-refractivity contribution in [3.8, 4) is 6.07 Å². The lowest BCUT2D eigenvalue weighted by Crippen LogP contribution is -1.89. The summed E-state index contributed by atoms with van der Waals surface area (Å²) < 4.78 is 1.63. The summed E-state index contributed by atoms with van der Waals surface area (Å²) in [7, 11) is 1.75. The van der Waals surface area contributed by atoms with Crippen LogP contribution in [0.1, 0.15) is 5.69 Å². The Morgan fingerprint density at radius 1 is 1.67 bits per heavy atom. The SMILES string of the molecule is Cn1c(Cl)ccc1C#N. The molecule has 1 rings (SSSR count). The van der Waals surface area contributed by atoms with E-state index in [-0.39, 0.29) is 0 Å². The van der Waals surface area contributed by atoms with Crippen LogP contribution in [0.25, 0.3) is 0 Å². The summed E-state index contributed by atoms with van der Waals surface area (Å²) in [4.78, 5) is 0. The lowest BCUT2D eigenvalue weighted by molar-refractivity contribution is 0.909. The van der Waals surface area contributed by atoms with Gasteiger partial charge in [-0.1, -0.05) is 11.6 Å². The first-order chi connectivity index (χ1) is 4.25. The predicted octanol–water partition coefficient (Wildman–Crippen LogP) is 1.55. The second-order valence-electron chi connectivity index (χ2n) is 1.71. The highest BCUT2D eigenvalue weighted by atomic mass is 35.5. The Morgan fingerprint density at radius 2 is 2.33 bits per heavy atom. The fourth-order valence-electron chi connectivity index (χ4n) is 0.599. The average Bonchev–Trinajstić information content (AvgIpc) is 2.15. The van der Waals surface area contributed by atoms with Crippen molar-refractivity contribution in [2.24, 2.45) is 7.05 Å². The van der Waals surface area contributed by atoms with Crippen LogP contribution < -0.4 is 0 Å². The molecule has 1 aromatic heterocycles. The van der Waals surface area contributed by atoms with Gasteiger partial charge in [0.2, 0.25) is 0 Å². The molecule has 9 heavy (non-hydrogen) atoms. The van der Waals surface area contributed by atoms with Gasteiger partial charge in [0.05, 0.1) is 0 Å². The molecule has 0 spiro atoms. The predicted molar refractivity (Wildman–Crippen MR) is 35.1 cm³/mol. The topological polar surface area (TPSA) is 28.7 Å². The van der Waals surface area contributed by atoms with E-state index in [0.717, 1.165) is 0 Å². The Kier molecular flexibility index (Phi) is 1.46. The first-order valence-corrected chi connectivity index (χ1v) is 2.85. The zero-order chi connectivity index (χ0) is 6.85. The van der Waals surface area contributed by atoms with Gasteiger partial charge in [-0.25, -0.2) is 0 Å². The lowest BCUT2D eigenvalue weighted by atomic mass is 10.5. The molecule has 0 aliphatic rings. The van der Waals surface area contributed by atoms with Crippen LogP contribution >= 0.6 is 11.6 Å². The molecule has 0 radical (unpaired) electrons. The quantitative estimate of drug-likeness (QED) is 0.538. The Hall–Kier alpha value is -0.940. The third-order valence-corrected chi connectivity index (χ3v) is 1.55. The molecule has 0 unspecified atom stereocenters. The first kappa shape index (κ1) is 6.18. The van der Waals surface area contributed by atoms with Gasteiger partial charge in [0, 0.05) is 7.05 Å². The van der Waals surface area contributed by atoms with Gasteiger partial charge in [-0.05, 0) is 12.1 Å². The maximum Gasteiger partial charge on any atom is 0.121 e. The number of aromatic nitrogens is 1. The molecule has 0 aliphatic carbocycles. The van der Waals surface area contributed by atoms with Crippen LogP contribution in [0.5, 0.6) is 0 Å². The molecule has 1 heterocycles. The van der Waals surface area contributed by atoms with E-state index < -0.39 is 0 Å². The first-order valence-electron chi connectivity index (χ1n) is 2.47. The number of halogens is 1. The van der Waals surface area contributed by atoms with Crippen LogP contribution in [0, 0.1) is 11.3 Å². The van der Waals surface area contributed by atoms with Crippen molar-refractivity contribution < 1.29 is 0 Å². The van der Waals surface area contributed by atoms with Gasteiger partial charge in [-0.3, -0.25) is 0 Å². The second-order valence-corrected chi connectivity index (χ2v) is 2.10. The molecule has 0 aliphatic heterocycles. The molecule has 0 amide bonds. The highest BCUT2D eigenvalue weighted by molar-refractivity contribution is 6.29. The minimum atomic E-state index is 0.583. The molecule has 0 N–H and O–H groups in total. The van der Waals surface area contributed by atoms with Gasteiger partial charge in [0.25, 0.3) is 0 Å². The third kappa shape index (κ3) is 0.914. The van der Waals surface area contributed by atoms with E-state index in [4.69, 9.17) is 16.9 Å². The van der Waals surface area contributed by atoms with Crippen molar-refractivity contribution >= 4 is 11.6 Å². The molecule has 0 saturated heterocycles. The summed E-state index contributed by atoms with van der Waals surface area (Å²) in [5.74, 6) is 0. The van der Waals surface area contributed by atoms with Crippen LogP contribution in [0.3, 0.4) is 0 Å². The monoisotopic (exact) mass is 140 g/mol. The molecule has 3 heteroatoms. The van der Waals surface area contributed by atoms with E-state index >= 15 is 0 Å². The minimum absolute atomic E-state index is 0.583. The number of hydrogen-bond acceptors (Lipinski definition) is 1. The number of hydrogen-bond donors (Lipinski definition) is 0. The fourth-order valence-corrected chi connectivity index (χ4v) is 0.753. The van der Waals surface area contributed by atoms with Crippen LogP contribution in [-0.4, -0.2) is 4.57 Å². The molecule has 46 valence electrons. The molecule has 0 fully saturated rings. The number of rotatable bonds is 0. The van der Waals surface area contributed by atoms with Crippen molar-refractivity contribution in [3.63, 3.8) is 0 Å². The molecule has 2 nitrogen and oxygen atoms in total. The minimum Gasteiger partial charge on any atom is -0.327 e. The Morgan fingerprint density at radius 3 is 2.56 bits per heavy atom. The summed E-state index contributed by atoms with van der Waals surface area (Å²) in [6, 6.07) is 5.37. The Labute approximate surface area is 58.3 Å².